The fraction of sp³-hybridized carbons (Fsp3) is 0.571. The number of hydrogen-bond acceptors (Lipinski definition) is 2. The van der Waals surface area contributed by atoms with E-state index in [1.165, 1.54) is 18.6 Å². The monoisotopic (exact) mass is 254 g/mol. The lowest BCUT2D eigenvalue weighted by Crippen LogP contribution is -2.26. The van der Waals surface area contributed by atoms with E-state index in [2.05, 4.69) is 17.1 Å². The molecule has 1 unspecified atom stereocenters. The van der Waals surface area contributed by atoms with Crippen LogP contribution in [0.3, 0.4) is 0 Å². The second-order valence-corrected chi connectivity index (χ2v) is 4.96. The maximum atomic E-state index is 13.0. The second kappa shape index (κ2) is 6.25. The van der Waals surface area contributed by atoms with Crippen molar-refractivity contribution < 1.29 is 8.78 Å². The Morgan fingerprint density at radius 1 is 1.28 bits per heavy atom. The highest BCUT2D eigenvalue weighted by Crippen LogP contribution is 2.15. The number of benzene rings is 1. The van der Waals surface area contributed by atoms with Crippen molar-refractivity contribution in [3.63, 3.8) is 0 Å². The average molecular weight is 254 g/mol. The third-order valence-corrected chi connectivity index (χ3v) is 3.50. The van der Waals surface area contributed by atoms with Gasteiger partial charge in [0.1, 0.15) is 11.6 Å². The van der Waals surface area contributed by atoms with Gasteiger partial charge in [0.2, 0.25) is 0 Å². The van der Waals surface area contributed by atoms with E-state index in [1.54, 1.807) is 0 Å². The van der Waals surface area contributed by atoms with Gasteiger partial charge >= 0.3 is 0 Å². The normalized spacial score (nSPS) is 20.5. The zero-order valence-corrected chi connectivity index (χ0v) is 10.8. The van der Waals surface area contributed by atoms with E-state index in [0.717, 1.165) is 32.2 Å². The summed E-state index contributed by atoms with van der Waals surface area (Å²) in [5.74, 6) is -0.363. The van der Waals surface area contributed by atoms with Gasteiger partial charge in [0.25, 0.3) is 0 Å². The molecule has 1 aliphatic heterocycles. The molecule has 1 N–H and O–H groups in total. The minimum atomic E-state index is -0.509. The lowest BCUT2D eigenvalue weighted by Gasteiger charge is -2.13. The Hall–Kier alpha value is -1.00. The zero-order chi connectivity index (χ0) is 13.0. The van der Waals surface area contributed by atoms with E-state index in [1.807, 2.05) is 0 Å². The Kier molecular flexibility index (Phi) is 4.66. The van der Waals surface area contributed by atoms with Gasteiger partial charge in [-0.3, -0.25) is 0 Å². The van der Waals surface area contributed by atoms with E-state index >= 15 is 0 Å². The summed E-state index contributed by atoms with van der Waals surface area (Å²) in [6.07, 6.45) is 1.21. The summed E-state index contributed by atoms with van der Waals surface area (Å²) in [5, 5.41) is 3.28. The molecular formula is C14H20F2N2. The van der Waals surface area contributed by atoms with Crippen molar-refractivity contribution in [2.45, 2.75) is 19.9 Å². The minimum absolute atomic E-state index is 0.509. The highest BCUT2D eigenvalue weighted by atomic mass is 19.1. The van der Waals surface area contributed by atoms with Crippen molar-refractivity contribution >= 4 is 0 Å². The molecule has 0 spiro atoms. The van der Waals surface area contributed by atoms with Gasteiger partial charge in [-0.05, 0) is 49.7 Å². The quantitative estimate of drug-likeness (QED) is 0.868. The standard InChI is InChI=1S/C14H20F2N2/c1-2-18-4-3-11(10-18)8-17-9-12-5-13(15)7-14(16)6-12/h5-7,11,17H,2-4,8-10H2,1H3. The molecule has 2 rings (SSSR count). The lowest BCUT2D eigenvalue weighted by atomic mass is 10.1. The molecule has 0 saturated carbocycles. The maximum absolute atomic E-state index is 13.0. The van der Waals surface area contributed by atoms with Crippen molar-refractivity contribution in [3.05, 3.63) is 35.4 Å². The number of halogens is 2. The molecule has 0 radical (unpaired) electrons. The Morgan fingerprint density at radius 2 is 2.00 bits per heavy atom. The molecule has 100 valence electrons. The highest BCUT2D eigenvalue weighted by Gasteiger charge is 2.20. The first-order valence-electron chi connectivity index (χ1n) is 6.55. The Bertz CT molecular complexity index is 375. The molecule has 18 heavy (non-hydrogen) atoms. The zero-order valence-electron chi connectivity index (χ0n) is 10.8. The molecule has 2 nitrogen and oxygen atoms in total. The van der Waals surface area contributed by atoms with Crippen LogP contribution in [0.4, 0.5) is 8.78 Å². The molecule has 1 saturated heterocycles. The summed E-state index contributed by atoms with van der Waals surface area (Å²) in [5.41, 5.74) is 0.665. The smallest absolute Gasteiger partial charge is 0.126 e. The van der Waals surface area contributed by atoms with Gasteiger partial charge in [0.05, 0.1) is 0 Å². The molecule has 4 heteroatoms. The van der Waals surface area contributed by atoms with Crippen LogP contribution in [0, 0.1) is 17.6 Å². The summed E-state index contributed by atoms with van der Waals surface area (Å²) >= 11 is 0. The van der Waals surface area contributed by atoms with Crippen LogP contribution in [0.15, 0.2) is 18.2 Å². The summed E-state index contributed by atoms with van der Waals surface area (Å²) in [6.45, 7) is 7.00. The molecular weight excluding hydrogens is 234 g/mol. The van der Waals surface area contributed by atoms with E-state index in [9.17, 15) is 8.78 Å². The van der Waals surface area contributed by atoms with E-state index < -0.39 is 11.6 Å². The number of rotatable bonds is 5. The van der Waals surface area contributed by atoms with Crippen molar-refractivity contribution in [2.24, 2.45) is 5.92 Å². The van der Waals surface area contributed by atoms with Crippen LogP contribution in [-0.4, -0.2) is 31.1 Å². The number of hydrogen-bond donors (Lipinski definition) is 1. The molecule has 0 bridgehead atoms. The fourth-order valence-corrected chi connectivity index (χ4v) is 2.50. The largest absolute Gasteiger partial charge is 0.312 e. The van der Waals surface area contributed by atoms with Gasteiger partial charge in [-0.15, -0.1) is 0 Å². The number of nitrogens with one attached hydrogen (secondary N) is 1. The third kappa shape index (κ3) is 3.75. The Labute approximate surface area is 107 Å². The highest BCUT2D eigenvalue weighted by molar-refractivity contribution is 5.17. The predicted octanol–water partition coefficient (Wildman–Crippen LogP) is 2.40. The summed E-state index contributed by atoms with van der Waals surface area (Å²) < 4.78 is 26.0. The molecule has 1 fully saturated rings. The van der Waals surface area contributed by atoms with E-state index in [0.29, 0.717) is 18.0 Å². The molecule has 1 atom stereocenters. The molecule has 1 heterocycles. The minimum Gasteiger partial charge on any atom is -0.312 e. The summed E-state index contributed by atoms with van der Waals surface area (Å²) in [6, 6.07) is 3.66. The average Bonchev–Trinajstić information content (AvgIpc) is 2.76. The van der Waals surface area contributed by atoms with Crippen LogP contribution in [0.1, 0.15) is 18.9 Å². The molecule has 1 aromatic rings. The SMILES string of the molecule is CCN1CCC(CNCc2cc(F)cc(F)c2)C1. The van der Waals surface area contributed by atoms with Gasteiger partial charge in [-0.2, -0.15) is 0 Å². The first-order chi connectivity index (χ1) is 8.67. The maximum Gasteiger partial charge on any atom is 0.126 e. The van der Waals surface area contributed by atoms with Crippen molar-refractivity contribution in [1.82, 2.24) is 10.2 Å². The van der Waals surface area contributed by atoms with Crippen molar-refractivity contribution in [2.75, 3.05) is 26.2 Å². The van der Waals surface area contributed by atoms with Gasteiger partial charge in [0.15, 0.2) is 0 Å². The first kappa shape index (κ1) is 13.4. The van der Waals surface area contributed by atoms with Gasteiger partial charge in [-0.1, -0.05) is 6.92 Å². The van der Waals surface area contributed by atoms with Gasteiger partial charge in [-0.25, -0.2) is 8.78 Å². The van der Waals surface area contributed by atoms with Gasteiger partial charge in [0, 0.05) is 19.2 Å². The van der Waals surface area contributed by atoms with Crippen molar-refractivity contribution in [3.8, 4) is 0 Å². The van der Waals surface area contributed by atoms with Crippen LogP contribution in [-0.2, 0) is 6.54 Å². The first-order valence-corrected chi connectivity index (χ1v) is 6.55. The number of likely N-dealkylation sites (tertiary alicyclic amines) is 1. The van der Waals surface area contributed by atoms with Crippen LogP contribution in [0.25, 0.3) is 0 Å². The topological polar surface area (TPSA) is 15.3 Å². The van der Waals surface area contributed by atoms with E-state index in [-0.39, 0.29) is 0 Å². The number of nitrogens with zero attached hydrogens (tertiary/aromatic N) is 1. The van der Waals surface area contributed by atoms with Crippen molar-refractivity contribution in [1.29, 1.82) is 0 Å². The van der Waals surface area contributed by atoms with Crippen LogP contribution in [0.2, 0.25) is 0 Å². The van der Waals surface area contributed by atoms with Crippen LogP contribution in [0.5, 0.6) is 0 Å². The molecule has 1 aliphatic rings. The fourth-order valence-electron chi connectivity index (χ4n) is 2.50. The third-order valence-electron chi connectivity index (χ3n) is 3.50. The molecule has 0 aromatic heterocycles. The summed E-state index contributed by atoms with van der Waals surface area (Å²) in [7, 11) is 0. The Morgan fingerprint density at radius 3 is 2.61 bits per heavy atom. The van der Waals surface area contributed by atoms with Crippen LogP contribution < -0.4 is 5.32 Å². The Balaban J connectivity index is 1.75. The molecule has 0 aliphatic carbocycles. The summed E-state index contributed by atoms with van der Waals surface area (Å²) in [4.78, 5) is 2.42. The van der Waals surface area contributed by atoms with Crippen LogP contribution >= 0.6 is 0 Å². The molecule has 0 amide bonds. The van der Waals surface area contributed by atoms with E-state index in [4.69, 9.17) is 0 Å². The van der Waals surface area contributed by atoms with Gasteiger partial charge < -0.3 is 10.2 Å². The molecule has 1 aromatic carbocycles. The second-order valence-electron chi connectivity index (χ2n) is 4.96. The lowest BCUT2D eigenvalue weighted by molar-refractivity contribution is 0.339. The predicted molar refractivity (Wildman–Crippen MR) is 68.3 cm³/mol.